The zero-order chi connectivity index (χ0) is 14.5. The first-order valence-electron chi connectivity index (χ1n) is 5.52. The molecule has 0 unspecified atom stereocenters. The average molecular weight is 287 g/mol. The molecule has 0 fully saturated rings. The maximum Gasteiger partial charge on any atom is 0.303 e. The monoisotopic (exact) mass is 287 g/mol. The molecule has 0 saturated carbocycles. The number of sulfone groups is 1. The molecule has 104 valence electrons. The number of hydrogen-bond donors (Lipinski definition) is 1. The van der Waals surface area contributed by atoms with Crippen LogP contribution >= 0.6 is 0 Å². The molecule has 0 heterocycles. The van der Waals surface area contributed by atoms with Gasteiger partial charge in [0.1, 0.15) is 4.90 Å². The number of hydrogen-bond acceptors (Lipinski definition) is 5. The van der Waals surface area contributed by atoms with Gasteiger partial charge in [-0.1, -0.05) is 12.1 Å². The van der Waals surface area contributed by atoms with Gasteiger partial charge in [0.05, 0.1) is 10.7 Å². The summed E-state index contributed by atoms with van der Waals surface area (Å²) in [4.78, 5) is 20.0. The van der Waals surface area contributed by atoms with Crippen LogP contribution < -0.4 is 0 Å². The lowest BCUT2D eigenvalue weighted by Gasteiger charge is -2.04. The fraction of sp³-hybridized carbons (Fsp3) is 0.364. The molecule has 1 N–H and O–H groups in total. The SMILES string of the molecule is O=C(O)CCCCS(=O)(=O)c1ccccc1[N+](=O)[O-]. The summed E-state index contributed by atoms with van der Waals surface area (Å²) in [7, 11) is -3.77. The zero-order valence-corrected chi connectivity index (χ0v) is 10.8. The second-order valence-electron chi connectivity index (χ2n) is 3.89. The van der Waals surface area contributed by atoms with Crippen LogP contribution in [0.15, 0.2) is 29.2 Å². The molecule has 0 spiro atoms. The minimum atomic E-state index is -3.77. The number of carboxylic acid groups (broad SMARTS) is 1. The normalized spacial score (nSPS) is 11.2. The molecule has 1 aromatic rings. The molecule has 8 heteroatoms. The van der Waals surface area contributed by atoms with Gasteiger partial charge in [-0.15, -0.1) is 0 Å². The Morgan fingerprint density at radius 1 is 1.26 bits per heavy atom. The summed E-state index contributed by atoms with van der Waals surface area (Å²) < 4.78 is 23.9. The van der Waals surface area contributed by atoms with Crippen molar-refractivity contribution in [3.8, 4) is 0 Å². The summed E-state index contributed by atoms with van der Waals surface area (Å²) in [6.45, 7) is 0. The predicted molar refractivity (Wildman–Crippen MR) is 66.6 cm³/mol. The van der Waals surface area contributed by atoms with Crippen LogP contribution in [0.25, 0.3) is 0 Å². The summed E-state index contributed by atoms with van der Waals surface area (Å²) in [5.41, 5.74) is -0.458. The Labute approximate surface area is 109 Å². The van der Waals surface area contributed by atoms with E-state index in [0.29, 0.717) is 0 Å². The largest absolute Gasteiger partial charge is 0.481 e. The second-order valence-corrected chi connectivity index (χ2v) is 5.97. The summed E-state index contributed by atoms with van der Waals surface area (Å²) in [5, 5.41) is 19.2. The van der Waals surface area contributed by atoms with Gasteiger partial charge < -0.3 is 5.11 Å². The van der Waals surface area contributed by atoms with Crippen LogP contribution in [0.5, 0.6) is 0 Å². The van der Waals surface area contributed by atoms with Crippen molar-refractivity contribution in [2.45, 2.75) is 24.2 Å². The van der Waals surface area contributed by atoms with E-state index in [1.165, 1.54) is 18.2 Å². The average Bonchev–Trinajstić information content (AvgIpc) is 2.34. The molecule has 1 rings (SSSR count). The van der Waals surface area contributed by atoms with E-state index in [4.69, 9.17) is 5.11 Å². The molecule has 0 aliphatic heterocycles. The van der Waals surface area contributed by atoms with Crippen molar-refractivity contribution in [1.82, 2.24) is 0 Å². The molecule has 0 amide bonds. The van der Waals surface area contributed by atoms with Crippen LogP contribution in [-0.2, 0) is 14.6 Å². The summed E-state index contributed by atoms with van der Waals surface area (Å²) in [5.74, 6) is -1.30. The maximum atomic E-state index is 12.0. The van der Waals surface area contributed by atoms with E-state index in [9.17, 15) is 23.3 Å². The molecule has 0 atom stereocenters. The molecule has 0 aliphatic rings. The molecule has 0 aromatic heterocycles. The third kappa shape index (κ3) is 4.32. The molecule has 7 nitrogen and oxygen atoms in total. The minimum Gasteiger partial charge on any atom is -0.481 e. The Kier molecular flexibility index (Phi) is 4.99. The highest BCUT2D eigenvalue weighted by Crippen LogP contribution is 2.24. The van der Waals surface area contributed by atoms with Crippen molar-refractivity contribution < 1.29 is 23.2 Å². The van der Waals surface area contributed by atoms with Crippen LogP contribution in [0.2, 0.25) is 0 Å². The number of para-hydroxylation sites is 1. The number of unbranched alkanes of at least 4 members (excludes halogenated alkanes) is 1. The number of nitro groups is 1. The number of carboxylic acids is 1. The second kappa shape index (κ2) is 6.28. The van der Waals surface area contributed by atoms with Gasteiger partial charge in [0.2, 0.25) is 0 Å². The lowest BCUT2D eigenvalue weighted by atomic mass is 10.2. The number of aliphatic carboxylic acids is 1. The number of carbonyl (C=O) groups is 1. The highest BCUT2D eigenvalue weighted by molar-refractivity contribution is 7.91. The highest BCUT2D eigenvalue weighted by Gasteiger charge is 2.24. The summed E-state index contributed by atoms with van der Waals surface area (Å²) in [6, 6.07) is 5.12. The van der Waals surface area contributed by atoms with Gasteiger partial charge >= 0.3 is 5.97 Å². The van der Waals surface area contributed by atoms with Crippen molar-refractivity contribution in [1.29, 1.82) is 0 Å². The predicted octanol–water partition coefficient (Wildman–Crippen LogP) is 1.62. The van der Waals surface area contributed by atoms with Crippen molar-refractivity contribution in [2.75, 3.05) is 5.75 Å². The number of nitrogens with zero attached hydrogens (tertiary/aromatic N) is 1. The van der Waals surface area contributed by atoms with Gasteiger partial charge in [0, 0.05) is 12.5 Å². The Bertz CT molecular complexity index is 581. The van der Waals surface area contributed by atoms with Gasteiger partial charge in [-0.3, -0.25) is 14.9 Å². The Balaban J connectivity index is 2.83. The van der Waals surface area contributed by atoms with E-state index in [0.717, 1.165) is 6.07 Å². The first-order chi connectivity index (χ1) is 8.84. The van der Waals surface area contributed by atoms with E-state index >= 15 is 0 Å². The number of rotatable bonds is 7. The highest BCUT2D eigenvalue weighted by atomic mass is 32.2. The molecule has 0 bridgehead atoms. The van der Waals surface area contributed by atoms with Crippen LogP contribution in [0, 0.1) is 10.1 Å². The Hall–Kier alpha value is -1.96. The molecule has 0 aliphatic carbocycles. The fourth-order valence-electron chi connectivity index (χ4n) is 1.55. The third-order valence-corrected chi connectivity index (χ3v) is 4.29. The van der Waals surface area contributed by atoms with Crippen LogP contribution in [0.3, 0.4) is 0 Å². The Morgan fingerprint density at radius 3 is 2.47 bits per heavy atom. The van der Waals surface area contributed by atoms with E-state index in [1.54, 1.807) is 0 Å². The van der Waals surface area contributed by atoms with E-state index in [2.05, 4.69) is 0 Å². The van der Waals surface area contributed by atoms with Crippen molar-refractivity contribution >= 4 is 21.5 Å². The Morgan fingerprint density at radius 2 is 1.89 bits per heavy atom. The topological polar surface area (TPSA) is 115 Å². The quantitative estimate of drug-likeness (QED) is 0.463. The minimum absolute atomic E-state index is 0.119. The van der Waals surface area contributed by atoms with Gasteiger partial charge in [-0.2, -0.15) is 0 Å². The third-order valence-electron chi connectivity index (χ3n) is 2.45. The van der Waals surface area contributed by atoms with Gasteiger partial charge in [-0.25, -0.2) is 8.42 Å². The number of nitro benzene ring substituents is 1. The summed E-state index contributed by atoms with van der Waals surface area (Å²) in [6.07, 6.45) is 0.252. The summed E-state index contributed by atoms with van der Waals surface area (Å²) >= 11 is 0. The maximum absolute atomic E-state index is 12.0. The van der Waals surface area contributed by atoms with Crippen molar-refractivity contribution in [3.63, 3.8) is 0 Å². The molecular weight excluding hydrogens is 274 g/mol. The zero-order valence-electron chi connectivity index (χ0n) is 9.98. The van der Waals surface area contributed by atoms with E-state index in [1.807, 2.05) is 0 Å². The molecule has 0 saturated heterocycles. The first-order valence-corrected chi connectivity index (χ1v) is 7.18. The van der Waals surface area contributed by atoms with Gasteiger partial charge in [-0.05, 0) is 18.9 Å². The van der Waals surface area contributed by atoms with Gasteiger partial charge in [0.25, 0.3) is 5.69 Å². The van der Waals surface area contributed by atoms with Crippen LogP contribution in [0.4, 0.5) is 5.69 Å². The van der Waals surface area contributed by atoms with Crippen LogP contribution in [-0.4, -0.2) is 30.2 Å². The molecule has 0 radical (unpaired) electrons. The first kappa shape index (κ1) is 15.1. The lowest BCUT2D eigenvalue weighted by Crippen LogP contribution is -2.10. The van der Waals surface area contributed by atoms with Crippen molar-refractivity contribution in [3.05, 3.63) is 34.4 Å². The standard InChI is InChI=1S/C11H13NO6S/c13-11(14)7-3-4-8-19(17,18)10-6-2-1-5-9(10)12(15)16/h1-2,5-6H,3-4,7-8H2,(H,13,14). The van der Waals surface area contributed by atoms with Gasteiger partial charge in [0.15, 0.2) is 9.84 Å². The molecular formula is C11H13NO6S. The van der Waals surface area contributed by atoms with Crippen LogP contribution in [0.1, 0.15) is 19.3 Å². The molecule has 19 heavy (non-hydrogen) atoms. The van der Waals surface area contributed by atoms with Crippen molar-refractivity contribution in [2.24, 2.45) is 0 Å². The fourth-order valence-corrected chi connectivity index (χ4v) is 3.10. The number of benzene rings is 1. The molecule has 1 aromatic carbocycles. The van der Waals surface area contributed by atoms with E-state index < -0.39 is 26.4 Å². The lowest BCUT2D eigenvalue weighted by molar-refractivity contribution is -0.387. The van der Waals surface area contributed by atoms with E-state index in [-0.39, 0.29) is 29.9 Å². The smallest absolute Gasteiger partial charge is 0.303 e.